The smallest absolute Gasteiger partial charge is 0.192 e. The summed E-state index contributed by atoms with van der Waals surface area (Å²) in [6, 6.07) is 3.32. The number of allylic oxidation sites excluding steroid dienone is 1. The van der Waals surface area contributed by atoms with E-state index in [-0.39, 0.29) is 31.0 Å². The minimum Gasteiger partial charge on any atom is -0.413 e. The highest BCUT2D eigenvalue weighted by atomic mass is 28.4. The Labute approximate surface area is 150 Å². The van der Waals surface area contributed by atoms with Gasteiger partial charge in [-0.15, -0.1) is 0 Å². The quantitative estimate of drug-likeness (QED) is 0.276. The minimum atomic E-state index is -1.75. The van der Waals surface area contributed by atoms with E-state index in [0.717, 1.165) is 24.6 Å². The van der Waals surface area contributed by atoms with Gasteiger partial charge in [0.05, 0.1) is 12.2 Å². The molecule has 4 nitrogen and oxygen atoms in total. The van der Waals surface area contributed by atoms with Gasteiger partial charge in [-0.25, -0.2) is 0 Å². The van der Waals surface area contributed by atoms with E-state index in [0.29, 0.717) is 6.42 Å². The van der Waals surface area contributed by atoms with Gasteiger partial charge < -0.3 is 19.0 Å². The Balaban J connectivity index is 5.44. The van der Waals surface area contributed by atoms with E-state index >= 15 is 0 Å². The van der Waals surface area contributed by atoms with Crippen LogP contribution in [0.25, 0.3) is 0 Å². The largest absolute Gasteiger partial charge is 0.413 e. The molecule has 5 heteroatoms. The summed E-state index contributed by atoms with van der Waals surface area (Å²) in [4.78, 5) is 0. The van der Waals surface area contributed by atoms with E-state index in [4.69, 9.17) is 13.9 Å². The molecule has 0 heterocycles. The second-order valence-corrected chi connectivity index (χ2v) is 11.8. The zero-order valence-electron chi connectivity index (χ0n) is 16.9. The van der Waals surface area contributed by atoms with Gasteiger partial charge in [0.25, 0.3) is 0 Å². The molecule has 0 unspecified atom stereocenters. The molecule has 1 N–H and O–H groups in total. The van der Waals surface area contributed by atoms with Crippen molar-refractivity contribution in [1.82, 2.24) is 0 Å². The van der Waals surface area contributed by atoms with E-state index < -0.39 is 8.32 Å². The van der Waals surface area contributed by atoms with Crippen LogP contribution in [0.15, 0.2) is 12.2 Å². The third-order valence-electron chi connectivity index (χ3n) is 5.35. The summed E-state index contributed by atoms with van der Waals surface area (Å²) in [6.45, 7) is 13.5. The lowest BCUT2D eigenvalue weighted by Gasteiger charge is -2.44. The van der Waals surface area contributed by atoms with Crippen LogP contribution in [-0.4, -0.2) is 46.1 Å². The highest BCUT2D eigenvalue weighted by molar-refractivity contribution is 6.73. The standard InChI is InChI=1S/C19H40O4Si/c1-8-12-13-17(22-16-21-7)19(5,6)18(14-15-20)23-24(9-2,10-3)11-4/h8,12,17-18,20H,9-11,13-16H2,1-7H3/b12-8+/t17-,18-/m0/s1. The van der Waals surface area contributed by atoms with Crippen molar-refractivity contribution in [3.8, 4) is 0 Å². The molecule has 144 valence electrons. The molecule has 0 aliphatic carbocycles. The molecule has 0 spiro atoms. The number of aliphatic hydroxyl groups is 1. The number of hydrogen-bond acceptors (Lipinski definition) is 4. The molecule has 0 amide bonds. The summed E-state index contributed by atoms with van der Waals surface area (Å²) in [5, 5.41) is 9.60. The van der Waals surface area contributed by atoms with Gasteiger partial charge in [-0.05, 0) is 37.9 Å². The highest BCUT2D eigenvalue weighted by Gasteiger charge is 2.42. The third kappa shape index (κ3) is 6.96. The lowest BCUT2D eigenvalue weighted by atomic mass is 9.78. The summed E-state index contributed by atoms with van der Waals surface area (Å²) in [5.41, 5.74) is -0.210. The van der Waals surface area contributed by atoms with Crippen LogP contribution < -0.4 is 0 Å². The van der Waals surface area contributed by atoms with Gasteiger partial charge in [-0.1, -0.05) is 46.8 Å². The van der Waals surface area contributed by atoms with Gasteiger partial charge in [-0.2, -0.15) is 0 Å². The van der Waals surface area contributed by atoms with Crippen LogP contribution in [0.2, 0.25) is 18.1 Å². The van der Waals surface area contributed by atoms with Gasteiger partial charge in [0.2, 0.25) is 0 Å². The normalized spacial score (nSPS) is 15.8. The van der Waals surface area contributed by atoms with Crippen molar-refractivity contribution in [2.75, 3.05) is 20.5 Å². The van der Waals surface area contributed by atoms with Gasteiger partial charge >= 0.3 is 0 Å². The maximum atomic E-state index is 9.60. The first-order valence-electron chi connectivity index (χ1n) is 9.37. The zero-order chi connectivity index (χ0) is 18.6. The van der Waals surface area contributed by atoms with E-state index in [1.165, 1.54) is 0 Å². The Kier molecular flexibility index (Phi) is 12.1. The van der Waals surface area contributed by atoms with Gasteiger partial charge in [-0.3, -0.25) is 0 Å². The summed E-state index contributed by atoms with van der Waals surface area (Å²) in [6.07, 6.45) is 5.61. The first-order chi connectivity index (χ1) is 11.4. The van der Waals surface area contributed by atoms with Crippen LogP contribution in [0.4, 0.5) is 0 Å². The van der Waals surface area contributed by atoms with Crippen LogP contribution >= 0.6 is 0 Å². The maximum Gasteiger partial charge on any atom is 0.192 e. The summed E-state index contributed by atoms with van der Waals surface area (Å²) in [5.74, 6) is 0. The fourth-order valence-corrected chi connectivity index (χ4v) is 6.23. The van der Waals surface area contributed by atoms with Crippen molar-refractivity contribution in [1.29, 1.82) is 0 Å². The van der Waals surface area contributed by atoms with Crippen molar-refractivity contribution in [3.05, 3.63) is 12.2 Å². The van der Waals surface area contributed by atoms with Crippen LogP contribution in [0.1, 0.15) is 54.4 Å². The van der Waals surface area contributed by atoms with Crippen LogP contribution in [-0.2, 0) is 13.9 Å². The first kappa shape index (κ1) is 23.8. The van der Waals surface area contributed by atoms with Crippen LogP contribution in [0.3, 0.4) is 0 Å². The number of ether oxygens (including phenoxy) is 2. The number of methoxy groups -OCH3 is 1. The monoisotopic (exact) mass is 360 g/mol. The Bertz CT molecular complexity index is 332. The average Bonchev–Trinajstić information content (AvgIpc) is 2.58. The average molecular weight is 361 g/mol. The molecule has 0 aromatic carbocycles. The molecule has 0 rings (SSSR count). The van der Waals surface area contributed by atoms with Gasteiger partial charge in [0.1, 0.15) is 6.79 Å². The lowest BCUT2D eigenvalue weighted by molar-refractivity contribution is -0.137. The summed E-state index contributed by atoms with van der Waals surface area (Å²) < 4.78 is 17.9. The Hall–Kier alpha value is -0.203. The van der Waals surface area contributed by atoms with E-state index in [1.54, 1.807) is 7.11 Å². The molecule has 0 fully saturated rings. The fraction of sp³-hybridized carbons (Fsp3) is 0.895. The SMILES string of the molecule is C/C=C/C[C@H](OCOC)C(C)(C)[C@H](CCO)O[Si](CC)(CC)CC. The number of rotatable bonds is 14. The Morgan fingerprint density at radius 3 is 2.08 bits per heavy atom. The molecule has 0 radical (unpaired) electrons. The fourth-order valence-electron chi connectivity index (χ4n) is 3.21. The van der Waals surface area contributed by atoms with Crippen molar-refractivity contribution in [2.24, 2.45) is 5.41 Å². The molecule has 0 saturated carbocycles. The predicted octanol–water partition coefficient (Wildman–Crippen LogP) is 4.74. The minimum absolute atomic E-state index is 0.0116. The first-order valence-corrected chi connectivity index (χ1v) is 11.9. The second-order valence-electron chi connectivity index (χ2n) is 7.05. The van der Waals surface area contributed by atoms with Crippen molar-refractivity contribution in [3.63, 3.8) is 0 Å². The lowest BCUT2D eigenvalue weighted by Crippen LogP contribution is -2.50. The van der Waals surface area contributed by atoms with E-state index in [2.05, 4.69) is 40.7 Å². The Morgan fingerprint density at radius 1 is 1.08 bits per heavy atom. The van der Waals surface area contributed by atoms with Gasteiger partial charge in [0.15, 0.2) is 8.32 Å². The molecule has 0 bridgehead atoms. The van der Waals surface area contributed by atoms with Crippen LogP contribution in [0, 0.1) is 5.41 Å². The van der Waals surface area contributed by atoms with Crippen molar-refractivity contribution >= 4 is 8.32 Å². The topological polar surface area (TPSA) is 47.9 Å². The molecule has 0 aromatic rings. The molecule has 0 saturated heterocycles. The van der Waals surface area contributed by atoms with Crippen LogP contribution in [0.5, 0.6) is 0 Å². The van der Waals surface area contributed by atoms with Crippen molar-refractivity contribution < 1.29 is 19.0 Å². The second kappa shape index (κ2) is 12.2. The molecule has 24 heavy (non-hydrogen) atoms. The predicted molar refractivity (Wildman–Crippen MR) is 104 cm³/mol. The number of hydrogen-bond donors (Lipinski definition) is 1. The molecule has 0 aliphatic rings. The summed E-state index contributed by atoms with van der Waals surface area (Å²) in [7, 11) is -0.108. The zero-order valence-corrected chi connectivity index (χ0v) is 17.9. The van der Waals surface area contributed by atoms with E-state index in [9.17, 15) is 5.11 Å². The summed E-state index contributed by atoms with van der Waals surface area (Å²) >= 11 is 0. The molecule has 2 atom stereocenters. The number of aliphatic hydroxyl groups excluding tert-OH is 1. The molecular weight excluding hydrogens is 320 g/mol. The van der Waals surface area contributed by atoms with E-state index in [1.807, 2.05) is 13.0 Å². The Morgan fingerprint density at radius 2 is 1.67 bits per heavy atom. The maximum absolute atomic E-state index is 9.60. The van der Waals surface area contributed by atoms with Gasteiger partial charge in [0, 0.05) is 19.1 Å². The molecule has 0 aromatic heterocycles. The van der Waals surface area contributed by atoms with Crippen molar-refractivity contribution in [2.45, 2.75) is 84.7 Å². The molecule has 0 aliphatic heterocycles. The third-order valence-corrected chi connectivity index (χ3v) is 10.00. The molecular formula is C19H40O4Si. The highest BCUT2D eigenvalue weighted by Crippen LogP contribution is 2.37.